The van der Waals surface area contributed by atoms with Crippen molar-refractivity contribution < 1.29 is 8.42 Å². The number of rotatable bonds is 2. The van der Waals surface area contributed by atoms with Crippen molar-refractivity contribution >= 4 is 9.84 Å². The molecular weight excluding hydrogens is 188 g/mol. The first kappa shape index (κ1) is 9.81. The zero-order valence-corrected chi connectivity index (χ0v) is 8.22. The van der Waals surface area contributed by atoms with Gasteiger partial charge in [-0.15, -0.1) is 0 Å². The van der Waals surface area contributed by atoms with Crippen LogP contribution in [0.3, 0.4) is 0 Å². The van der Waals surface area contributed by atoms with E-state index in [1.165, 1.54) is 32.3 Å². The quantitative estimate of drug-likeness (QED) is 0.773. The largest absolute Gasteiger partial charge is 0.366 e. The van der Waals surface area contributed by atoms with Crippen LogP contribution in [0.1, 0.15) is 13.8 Å². The molecule has 0 amide bonds. The maximum absolute atomic E-state index is 11.7. The monoisotopic (exact) mass is 198 g/mol. The minimum absolute atomic E-state index is 0.152. The van der Waals surface area contributed by atoms with Gasteiger partial charge in [-0.3, -0.25) is 0 Å². The van der Waals surface area contributed by atoms with Gasteiger partial charge in [-0.05, 0) is 19.9 Å². The highest BCUT2D eigenvalue weighted by molar-refractivity contribution is 7.93. The van der Waals surface area contributed by atoms with Crippen LogP contribution in [0.4, 0.5) is 0 Å². The summed E-state index contributed by atoms with van der Waals surface area (Å²) in [7, 11) is -3.54. The van der Waals surface area contributed by atoms with Gasteiger partial charge in [0.1, 0.15) is 0 Å². The number of hydrogen-bond acceptors (Lipinski definition) is 3. The third-order valence-corrected chi connectivity index (χ3v) is 4.13. The Balaban J connectivity index is 3.29. The molecule has 0 unspecified atom stereocenters. The number of nitrogens with zero attached hydrogens (tertiary/aromatic N) is 1. The lowest BCUT2D eigenvalue weighted by molar-refractivity contribution is 0.574. The smallest absolute Gasteiger partial charge is 0.198 e. The summed E-state index contributed by atoms with van der Waals surface area (Å²) in [5.41, 5.74) is 0. The molecular formula is C8H10N2O2S. The Morgan fingerprint density at radius 3 is 2.54 bits per heavy atom. The molecule has 13 heavy (non-hydrogen) atoms. The summed E-state index contributed by atoms with van der Waals surface area (Å²) in [6, 6.07) is 3.21. The van der Waals surface area contributed by atoms with Crippen LogP contribution in [0.2, 0.25) is 0 Å². The molecule has 0 spiro atoms. The maximum atomic E-state index is 11.7. The fraction of sp³-hybridized carbons (Fsp3) is 0.375. The van der Waals surface area contributed by atoms with Crippen LogP contribution in [-0.4, -0.2) is 18.1 Å². The van der Waals surface area contributed by atoms with Crippen molar-refractivity contribution in [3.63, 3.8) is 0 Å². The molecule has 0 aliphatic heterocycles. The minimum Gasteiger partial charge on any atom is -0.366 e. The summed E-state index contributed by atoms with van der Waals surface area (Å²) in [6.45, 7) is 2.77. The molecule has 0 fully saturated rings. The number of aromatic amines is 1. The van der Waals surface area contributed by atoms with Gasteiger partial charge in [0, 0.05) is 12.4 Å². The van der Waals surface area contributed by atoms with Crippen molar-refractivity contribution in [2.24, 2.45) is 0 Å². The molecule has 1 heterocycles. The number of nitriles is 1. The fourth-order valence-electron chi connectivity index (χ4n) is 0.830. The summed E-state index contributed by atoms with van der Waals surface area (Å²) >= 11 is 0. The van der Waals surface area contributed by atoms with E-state index in [0.717, 1.165) is 0 Å². The number of aromatic nitrogens is 1. The Labute approximate surface area is 77.1 Å². The van der Waals surface area contributed by atoms with Crippen LogP contribution >= 0.6 is 0 Å². The summed E-state index contributed by atoms with van der Waals surface area (Å²) in [6.07, 6.45) is 2.88. The van der Waals surface area contributed by atoms with Crippen LogP contribution in [-0.2, 0) is 9.84 Å². The number of nitrogens with one attached hydrogen (secondary N) is 1. The normalized spacial score (nSPS) is 12.4. The topological polar surface area (TPSA) is 73.7 Å². The van der Waals surface area contributed by atoms with Gasteiger partial charge in [0.25, 0.3) is 0 Å². The van der Waals surface area contributed by atoms with E-state index in [1.54, 1.807) is 6.07 Å². The van der Waals surface area contributed by atoms with E-state index in [4.69, 9.17) is 5.26 Å². The Morgan fingerprint density at radius 1 is 1.54 bits per heavy atom. The molecule has 0 bridgehead atoms. The molecule has 0 radical (unpaired) electrons. The molecule has 1 rings (SSSR count). The first-order valence-corrected chi connectivity index (χ1v) is 5.19. The third kappa shape index (κ3) is 1.45. The summed E-state index contributed by atoms with van der Waals surface area (Å²) in [5.74, 6) is 0. The minimum atomic E-state index is -3.54. The van der Waals surface area contributed by atoms with Gasteiger partial charge in [-0.1, -0.05) is 0 Å². The first-order valence-electron chi connectivity index (χ1n) is 3.70. The summed E-state index contributed by atoms with van der Waals surface area (Å²) in [4.78, 5) is 2.80. The van der Waals surface area contributed by atoms with E-state index in [0.29, 0.717) is 0 Å². The van der Waals surface area contributed by atoms with Crippen LogP contribution in [0.15, 0.2) is 23.4 Å². The predicted octanol–water partition coefficient (Wildman–Crippen LogP) is 1.09. The molecule has 0 saturated heterocycles. The highest BCUT2D eigenvalue weighted by atomic mass is 32.2. The third-order valence-electron chi connectivity index (χ3n) is 1.82. The molecule has 5 heteroatoms. The second kappa shape index (κ2) is 2.89. The second-order valence-electron chi connectivity index (χ2n) is 3.17. The van der Waals surface area contributed by atoms with Gasteiger partial charge in [0.05, 0.1) is 11.0 Å². The Hall–Kier alpha value is -1.28. The zero-order valence-electron chi connectivity index (χ0n) is 7.40. The number of hydrogen-bond donors (Lipinski definition) is 1. The molecule has 0 aliphatic carbocycles. The van der Waals surface area contributed by atoms with Gasteiger partial charge in [-0.2, -0.15) is 5.26 Å². The van der Waals surface area contributed by atoms with Gasteiger partial charge in [-0.25, -0.2) is 8.42 Å². The van der Waals surface area contributed by atoms with E-state index in [9.17, 15) is 8.42 Å². The highest BCUT2D eigenvalue weighted by Gasteiger charge is 2.35. The van der Waals surface area contributed by atoms with E-state index < -0.39 is 14.6 Å². The van der Waals surface area contributed by atoms with E-state index in [-0.39, 0.29) is 4.90 Å². The van der Waals surface area contributed by atoms with Gasteiger partial charge < -0.3 is 4.98 Å². The number of H-pyrrole nitrogens is 1. The van der Waals surface area contributed by atoms with Crippen molar-refractivity contribution in [2.75, 3.05) is 0 Å². The van der Waals surface area contributed by atoms with Crippen LogP contribution < -0.4 is 0 Å². The highest BCUT2D eigenvalue weighted by Crippen LogP contribution is 2.23. The molecule has 70 valence electrons. The lowest BCUT2D eigenvalue weighted by Crippen LogP contribution is -2.29. The number of sulfone groups is 1. The van der Waals surface area contributed by atoms with Crippen molar-refractivity contribution in [3.05, 3.63) is 18.5 Å². The van der Waals surface area contributed by atoms with Crippen molar-refractivity contribution in [2.45, 2.75) is 23.5 Å². The van der Waals surface area contributed by atoms with Crippen LogP contribution in [0.5, 0.6) is 0 Å². The molecule has 0 aromatic carbocycles. The van der Waals surface area contributed by atoms with E-state index in [1.807, 2.05) is 0 Å². The molecule has 1 N–H and O–H groups in total. The predicted molar refractivity (Wildman–Crippen MR) is 47.7 cm³/mol. The standard InChI is InChI=1S/C8H10N2O2S/c1-8(2,6-9)13(11,12)7-3-4-10-5-7/h3-5,10H,1-2H3. The molecule has 0 saturated carbocycles. The Bertz CT molecular complexity index is 423. The fourth-order valence-corrected chi connectivity index (χ4v) is 2.01. The van der Waals surface area contributed by atoms with Crippen molar-refractivity contribution in [1.29, 1.82) is 5.26 Å². The molecule has 4 nitrogen and oxygen atoms in total. The average Bonchev–Trinajstić information content (AvgIpc) is 2.56. The van der Waals surface area contributed by atoms with Gasteiger partial charge >= 0.3 is 0 Å². The van der Waals surface area contributed by atoms with E-state index in [2.05, 4.69) is 4.98 Å². The summed E-state index contributed by atoms with van der Waals surface area (Å²) in [5, 5.41) is 8.69. The Kier molecular flexibility index (Phi) is 2.18. The second-order valence-corrected chi connectivity index (χ2v) is 5.67. The maximum Gasteiger partial charge on any atom is 0.198 e. The Morgan fingerprint density at radius 2 is 2.15 bits per heavy atom. The SMILES string of the molecule is CC(C)(C#N)S(=O)(=O)c1cc[nH]c1. The first-order chi connectivity index (χ1) is 5.92. The molecule has 1 aromatic heterocycles. The summed E-state index contributed by atoms with van der Waals surface area (Å²) < 4.78 is 22.0. The van der Waals surface area contributed by atoms with Gasteiger partial charge in [0.15, 0.2) is 14.6 Å². The zero-order chi connectivity index (χ0) is 10.1. The lowest BCUT2D eigenvalue weighted by Gasteiger charge is -2.14. The van der Waals surface area contributed by atoms with E-state index >= 15 is 0 Å². The van der Waals surface area contributed by atoms with Crippen LogP contribution in [0.25, 0.3) is 0 Å². The van der Waals surface area contributed by atoms with Gasteiger partial charge in [0.2, 0.25) is 0 Å². The molecule has 0 atom stereocenters. The van der Waals surface area contributed by atoms with Crippen molar-refractivity contribution in [3.8, 4) is 6.07 Å². The van der Waals surface area contributed by atoms with Crippen molar-refractivity contribution in [1.82, 2.24) is 4.98 Å². The molecule has 1 aromatic rings. The lowest BCUT2D eigenvalue weighted by atomic mass is 10.2. The molecule has 0 aliphatic rings. The average molecular weight is 198 g/mol. The van der Waals surface area contributed by atoms with Crippen LogP contribution in [0, 0.1) is 11.3 Å².